The van der Waals surface area contributed by atoms with Crippen molar-refractivity contribution in [2.24, 2.45) is 17.6 Å². The maximum atomic E-state index is 11.9. The fourth-order valence-corrected chi connectivity index (χ4v) is 2.21. The maximum absolute atomic E-state index is 11.9. The second-order valence-corrected chi connectivity index (χ2v) is 5.67. The molecule has 4 nitrogen and oxygen atoms in total. The molecular formula is C13H20BrN3O. The summed E-state index contributed by atoms with van der Waals surface area (Å²) >= 11 is 3.35. The van der Waals surface area contributed by atoms with Crippen molar-refractivity contribution in [2.45, 2.75) is 26.7 Å². The number of nitrogens with one attached hydrogen (secondary N) is 1. The van der Waals surface area contributed by atoms with Gasteiger partial charge in [-0.05, 0) is 52.9 Å². The summed E-state index contributed by atoms with van der Waals surface area (Å²) < 4.78 is 0.784. The molecule has 1 amide bonds. The van der Waals surface area contributed by atoms with Crippen molar-refractivity contribution in [3.05, 3.63) is 22.8 Å². The first kappa shape index (κ1) is 15.1. The topological polar surface area (TPSA) is 68.0 Å². The molecule has 1 heterocycles. The third-order valence-electron chi connectivity index (χ3n) is 2.63. The van der Waals surface area contributed by atoms with Gasteiger partial charge in [0.2, 0.25) is 5.91 Å². The molecule has 0 saturated heterocycles. The fraction of sp³-hybridized carbons (Fsp3) is 0.538. The predicted molar refractivity (Wildman–Crippen MR) is 77.2 cm³/mol. The van der Waals surface area contributed by atoms with Crippen molar-refractivity contribution in [3.63, 3.8) is 0 Å². The van der Waals surface area contributed by atoms with E-state index < -0.39 is 0 Å². The van der Waals surface area contributed by atoms with Gasteiger partial charge in [0.1, 0.15) is 5.82 Å². The minimum atomic E-state index is -0.0366. The van der Waals surface area contributed by atoms with Crippen LogP contribution in [0.2, 0.25) is 0 Å². The van der Waals surface area contributed by atoms with Crippen LogP contribution in [0.3, 0.4) is 0 Å². The minimum Gasteiger partial charge on any atom is -0.330 e. The molecule has 0 spiro atoms. The summed E-state index contributed by atoms with van der Waals surface area (Å²) in [6.45, 7) is 4.81. The zero-order valence-corrected chi connectivity index (χ0v) is 12.4. The Bertz CT molecular complexity index is 396. The summed E-state index contributed by atoms with van der Waals surface area (Å²) in [5, 5.41) is 2.80. The van der Waals surface area contributed by atoms with E-state index in [2.05, 4.69) is 40.1 Å². The molecule has 0 aliphatic heterocycles. The molecule has 1 atom stereocenters. The smallest absolute Gasteiger partial charge is 0.225 e. The van der Waals surface area contributed by atoms with Crippen molar-refractivity contribution in [1.82, 2.24) is 4.98 Å². The van der Waals surface area contributed by atoms with E-state index in [1.54, 1.807) is 12.3 Å². The van der Waals surface area contributed by atoms with E-state index in [1.165, 1.54) is 0 Å². The molecule has 0 fully saturated rings. The van der Waals surface area contributed by atoms with E-state index in [1.807, 2.05) is 6.07 Å². The number of amides is 1. The van der Waals surface area contributed by atoms with Gasteiger partial charge in [-0.1, -0.05) is 13.8 Å². The van der Waals surface area contributed by atoms with Gasteiger partial charge in [0.15, 0.2) is 0 Å². The summed E-state index contributed by atoms with van der Waals surface area (Å²) in [5.41, 5.74) is 5.69. The number of hydrogen-bond acceptors (Lipinski definition) is 3. The SMILES string of the molecule is CC(C)CC(CN)CC(=O)Nc1ncccc1Br. The minimum absolute atomic E-state index is 0.0366. The molecule has 0 aromatic carbocycles. The van der Waals surface area contributed by atoms with Gasteiger partial charge in [-0.3, -0.25) is 4.79 Å². The number of hydrogen-bond donors (Lipinski definition) is 2. The first-order chi connectivity index (χ1) is 8.52. The monoisotopic (exact) mass is 313 g/mol. The highest BCUT2D eigenvalue weighted by Gasteiger charge is 2.15. The van der Waals surface area contributed by atoms with Crippen molar-refractivity contribution in [1.29, 1.82) is 0 Å². The summed E-state index contributed by atoms with van der Waals surface area (Å²) in [5.74, 6) is 1.30. The lowest BCUT2D eigenvalue weighted by Crippen LogP contribution is -2.23. The van der Waals surface area contributed by atoms with E-state index in [0.29, 0.717) is 24.7 Å². The van der Waals surface area contributed by atoms with Crippen molar-refractivity contribution in [3.8, 4) is 0 Å². The van der Waals surface area contributed by atoms with E-state index in [4.69, 9.17) is 5.73 Å². The highest BCUT2D eigenvalue weighted by molar-refractivity contribution is 9.10. The molecular weight excluding hydrogens is 294 g/mol. The molecule has 0 radical (unpaired) electrons. The average molecular weight is 314 g/mol. The Morgan fingerprint density at radius 1 is 1.56 bits per heavy atom. The highest BCUT2D eigenvalue weighted by Crippen LogP contribution is 2.20. The zero-order chi connectivity index (χ0) is 13.5. The van der Waals surface area contributed by atoms with E-state index in [0.717, 1.165) is 10.9 Å². The maximum Gasteiger partial charge on any atom is 0.225 e. The van der Waals surface area contributed by atoms with Crippen LogP contribution >= 0.6 is 15.9 Å². The van der Waals surface area contributed by atoms with Crippen molar-refractivity contribution >= 4 is 27.7 Å². The standard InChI is InChI=1S/C13H20BrN3O/c1-9(2)6-10(8-15)7-12(18)17-13-11(14)4-3-5-16-13/h3-5,9-10H,6-8,15H2,1-2H3,(H,16,17,18). The molecule has 0 aliphatic carbocycles. The van der Waals surface area contributed by atoms with Crippen LogP contribution in [0.4, 0.5) is 5.82 Å². The van der Waals surface area contributed by atoms with Crippen LogP contribution < -0.4 is 11.1 Å². The van der Waals surface area contributed by atoms with Gasteiger partial charge in [-0.25, -0.2) is 4.98 Å². The van der Waals surface area contributed by atoms with E-state index >= 15 is 0 Å². The quantitative estimate of drug-likeness (QED) is 0.848. The van der Waals surface area contributed by atoms with Crippen LogP contribution in [-0.2, 0) is 4.79 Å². The first-order valence-electron chi connectivity index (χ1n) is 6.13. The van der Waals surface area contributed by atoms with Crippen molar-refractivity contribution < 1.29 is 4.79 Å². The molecule has 100 valence electrons. The summed E-state index contributed by atoms with van der Waals surface area (Å²) in [7, 11) is 0. The second-order valence-electron chi connectivity index (χ2n) is 4.82. The average Bonchev–Trinajstić information content (AvgIpc) is 2.30. The van der Waals surface area contributed by atoms with Crippen LogP contribution in [0, 0.1) is 11.8 Å². The number of carbonyl (C=O) groups is 1. The second kappa shape index (κ2) is 7.48. The lowest BCUT2D eigenvalue weighted by Gasteiger charge is -2.16. The van der Waals surface area contributed by atoms with Gasteiger partial charge in [0, 0.05) is 12.6 Å². The number of nitrogens with two attached hydrogens (primary N) is 1. The van der Waals surface area contributed by atoms with Crippen LogP contribution in [0.15, 0.2) is 22.8 Å². The molecule has 0 saturated carbocycles. The van der Waals surface area contributed by atoms with Gasteiger partial charge in [-0.15, -0.1) is 0 Å². The number of nitrogens with zero attached hydrogens (tertiary/aromatic N) is 1. The Morgan fingerprint density at radius 2 is 2.28 bits per heavy atom. The number of anilines is 1. The van der Waals surface area contributed by atoms with E-state index in [9.17, 15) is 4.79 Å². The Hall–Kier alpha value is -0.940. The Balaban J connectivity index is 2.53. The van der Waals surface area contributed by atoms with Gasteiger partial charge in [-0.2, -0.15) is 0 Å². The van der Waals surface area contributed by atoms with E-state index in [-0.39, 0.29) is 11.8 Å². The van der Waals surface area contributed by atoms with Crippen LogP contribution in [0.25, 0.3) is 0 Å². The van der Waals surface area contributed by atoms with Gasteiger partial charge >= 0.3 is 0 Å². The molecule has 1 aromatic rings. The largest absolute Gasteiger partial charge is 0.330 e. The van der Waals surface area contributed by atoms with Crippen LogP contribution in [0.1, 0.15) is 26.7 Å². The van der Waals surface area contributed by atoms with Crippen LogP contribution in [0.5, 0.6) is 0 Å². The summed E-state index contributed by atoms with van der Waals surface area (Å²) in [6.07, 6.45) is 3.06. The Kier molecular flexibility index (Phi) is 6.29. The van der Waals surface area contributed by atoms with Gasteiger partial charge in [0.25, 0.3) is 0 Å². The first-order valence-corrected chi connectivity index (χ1v) is 6.92. The Labute approximate surface area is 116 Å². The van der Waals surface area contributed by atoms with Gasteiger partial charge < -0.3 is 11.1 Å². The summed E-state index contributed by atoms with van der Waals surface area (Å²) in [4.78, 5) is 16.0. The number of pyridine rings is 1. The third-order valence-corrected chi connectivity index (χ3v) is 3.27. The van der Waals surface area contributed by atoms with Crippen molar-refractivity contribution in [2.75, 3.05) is 11.9 Å². The fourth-order valence-electron chi connectivity index (χ4n) is 1.85. The molecule has 1 rings (SSSR count). The van der Waals surface area contributed by atoms with Crippen LogP contribution in [-0.4, -0.2) is 17.4 Å². The molecule has 3 N–H and O–H groups in total. The summed E-state index contributed by atoms with van der Waals surface area (Å²) in [6, 6.07) is 3.65. The lowest BCUT2D eigenvalue weighted by molar-refractivity contribution is -0.117. The number of aromatic nitrogens is 1. The molecule has 0 aliphatic rings. The molecule has 1 aromatic heterocycles. The molecule has 18 heavy (non-hydrogen) atoms. The lowest BCUT2D eigenvalue weighted by atomic mass is 9.94. The Morgan fingerprint density at radius 3 is 2.83 bits per heavy atom. The predicted octanol–water partition coefficient (Wildman–Crippen LogP) is 2.79. The number of carbonyl (C=O) groups excluding carboxylic acids is 1. The third kappa shape index (κ3) is 5.14. The zero-order valence-electron chi connectivity index (χ0n) is 10.8. The molecule has 5 heteroatoms. The number of rotatable bonds is 6. The molecule has 1 unspecified atom stereocenters. The van der Waals surface area contributed by atoms with Gasteiger partial charge in [0.05, 0.1) is 4.47 Å². The molecule has 0 bridgehead atoms. The normalized spacial score (nSPS) is 12.5. The number of halogens is 1. The highest BCUT2D eigenvalue weighted by atomic mass is 79.9.